The van der Waals surface area contributed by atoms with E-state index in [4.69, 9.17) is 4.74 Å². The zero-order valence-electron chi connectivity index (χ0n) is 17.2. The van der Waals surface area contributed by atoms with E-state index in [-0.39, 0.29) is 11.5 Å². The molecule has 3 rings (SSSR count). The predicted octanol–water partition coefficient (Wildman–Crippen LogP) is 3.36. The Labute approximate surface area is 175 Å². The first-order valence-corrected chi connectivity index (χ1v) is 10.0. The van der Waals surface area contributed by atoms with Crippen molar-refractivity contribution < 1.29 is 9.53 Å². The zero-order chi connectivity index (χ0) is 21.3. The van der Waals surface area contributed by atoms with Gasteiger partial charge in [0.15, 0.2) is 0 Å². The molecule has 0 spiro atoms. The van der Waals surface area contributed by atoms with Gasteiger partial charge in [-0.05, 0) is 48.6 Å². The van der Waals surface area contributed by atoms with Gasteiger partial charge in [-0.25, -0.2) is 4.98 Å². The Hall–Kier alpha value is -3.48. The summed E-state index contributed by atoms with van der Waals surface area (Å²) in [5, 5.41) is 3.35. The molecular weight excluding hydrogens is 380 g/mol. The van der Waals surface area contributed by atoms with Crippen molar-refractivity contribution in [3.05, 3.63) is 71.0 Å². The zero-order valence-corrected chi connectivity index (χ0v) is 17.2. The minimum Gasteiger partial charge on any atom is -0.492 e. The quantitative estimate of drug-likeness (QED) is 0.435. The fraction of sp³-hybridized carbons (Fsp3) is 0.304. The van der Waals surface area contributed by atoms with Crippen molar-refractivity contribution in [2.24, 2.45) is 0 Å². The third-order valence-corrected chi connectivity index (χ3v) is 4.63. The van der Waals surface area contributed by atoms with Crippen LogP contribution in [0.4, 0.5) is 0 Å². The molecule has 0 unspecified atom stereocenters. The maximum atomic E-state index is 12.7. The van der Waals surface area contributed by atoms with Crippen molar-refractivity contribution in [1.29, 1.82) is 0 Å². The monoisotopic (exact) mass is 406 g/mol. The van der Waals surface area contributed by atoms with Gasteiger partial charge in [-0.3, -0.25) is 19.1 Å². The van der Waals surface area contributed by atoms with Crippen molar-refractivity contribution in [3.8, 4) is 5.75 Å². The van der Waals surface area contributed by atoms with E-state index >= 15 is 0 Å². The Morgan fingerprint density at radius 1 is 1.27 bits per heavy atom. The normalized spacial score (nSPS) is 11.3. The molecule has 7 heteroatoms. The first-order chi connectivity index (χ1) is 14.5. The van der Waals surface area contributed by atoms with Crippen LogP contribution in [0.25, 0.3) is 17.1 Å². The average molecular weight is 406 g/mol. The van der Waals surface area contributed by atoms with Crippen LogP contribution in [-0.2, 0) is 4.79 Å². The number of carbonyl (C=O) groups excluding carboxylic acids is 1. The second kappa shape index (κ2) is 10.3. The lowest BCUT2D eigenvalue weighted by Gasteiger charge is -2.07. The van der Waals surface area contributed by atoms with Gasteiger partial charge in [0.25, 0.3) is 5.56 Å². The van der Waals surface area contributed by atoms with Crippen molar-refractivity contribution in [1.82, 2.24) is 19.9 Å². The van der Waals surface area contributed by atoms with Gasteiger partial charge in [-0.1, -0.05) is 19.9 Å². The van der Waals surface area contributed by atoms with Gasteiger partial charge in [0.2, 0.25) is 5.91 Å². The largest absolute Gasteiger partial charge is 0.492 e. The average Bonchev–Trinajstić information content (AvgIpc) is 2.76. The van der Waals surface area contributed by atoms with E-state index in [0.29, 0.717) is 30.0 Å². The molecule has 1 amide bonds. The van der Waals surface area contributed by atoms with Gasteiger partial charge >= 0.3 is 0 Å². The van der Waals surface area contributed by atoms with Gasteiger partial charge in [-0.2, -0.15) is 0 Å². The molecule has 0 aliphatic rings. The second-order valence-electron chi connectivity index (χ2n) is 7.24. The summed E-state index contributed by atoms with van der Waals surface area (Å²) in [5.74, 6) is 0.795. The van der Waals surface area contributed by atoms with Crippen molar-refractivity contribution >= 4 is 23.0 Å². The summed E-state index contributed by atoms with van der Waals surface area (Å²) in [6.45, 7) is 5.24. The number of ether oxygens (including phenoxy) is 1. The Bertz CT molecular complexity index is 1070. The van der Waals surface area contributed by atoms with Gasteiger partial charge in [-0.15, -0.1) is 0 Å². The van der Waals surface area contributed by atoms with Gasteiger partial charge in [0, 0.05) is 25.0 Å². The number of unbranched alkanes of at least 4 members (excludes halogenated alkanes) is 1. The highest BCUT2D eigenvalue weighted by Gasteiger charge is 2.06. The topological polar surface area (TPSA) is 86.1 Å². The van der Waals surface area contributed by atoms with E-state index in [2.05, 4.69) is 29.1 Å². The molecule has 0 saturated heterocycles. The molecule has 1 aromatic carbocycles. The van der Waals surface area contributed by atoms with Crippen LogP contribution >= 0.6 is 0 Å². The molecule has 0 radical (unpaired) electrons. The van der Waals surface area contributed by atoms with E-state index < -0.39 is 0 Å². The summed E-state index contributed by atoms with van der Waals surface area (Å²) in [6.07, 6.45) is 9.17. The number of carbonyl (C=O) groups is 1. The number of pyridine rings is 1. The van der Waals surface area contributed by atoms with Crippen LogP contribution in [0.1, 0.15) is 38.2 Å². The highest BCUT2D eigenvalue weighted by molar-refractivity contribution is 5.90. The Morgan fingerprint density at radius 2 is 2.13 bits per heavy atom. The maximum absolute atomic E-state index is 12.7. The summed E-state index contributed by atoms with van der Waals surface area (Å²) in [5.41, 5.74) is 1.53. The van der Waals surface area contributed by atoms with E-state index in [0.717, 1.165) is 24.2 Å². The molecule has 156 valence electrons. The highest BCUT2D eigenvalue weighted by atomic mass is 16.5. The molecule has 30 heavy (non-hydrogen) atoms. The number of rotatable bonds is 9. The van der Waals surface area contributed by atoms with Crippen LogP contribution in [0.15, 0.2) is 59.9 Å². The van der Waals surface area contributed by atoms with Gasteiger partial charge < -0.3 is 10.1 Å². The van der Waals surface area contributed by atoms with Gasteiger partial charge in [0.1, 0.15) is 12.1 Å². The smallest absolute Gasteiger partial charge is 0.265 e. The number of aromatic nitrogens is 3. The van der Waals surface area contributed by atoms with E-state index in [1.165, 1.54) is 23.2 Å². The van der Waals surface area contributed by atoms with E-state index in [1.54, 1.807) is 12.4 Å². The molecule has 2 heterocycles. The standard InChI is InChI=1S/C23H26N4O3/c1-17(2)18-7-8-21-20(14-18)23(29)27(16-26-21)12-9-22(28)25-11-3-4-13-30-19-6-5-10-24-15-19/h5-10,12,14-17H,3-4,11,13H2,1-2H3,(H,25,28)/b12-9+. The molecule has 3 aromatic rings. The van der Waals surface area contributed by atoms with Crippen molar-refractivity contribution in [3.63, 3.8) is 0 Å². The SMILES string of the molecule is CC(C)c1ccc2ncn(/C=C/C(=O)NCCCCOc3cccnc3)c(=O)c2c1. The van der Waals surface area contributed by atoms with Gasteiger partial charge in [0.05, 0.1) is 23.7 Å². The molecule has 2 aromatic heterocycles. The first kappa shape index (κ1) is 21.2. The van der Waals surface area contributed by atoms with E-state index in [1.807, 2.05) is 30.3 Å². The molecule has 1 N–H and O–H groups in total. The summed E-state index contributed by atoms with van der Waals surface area (Å²) in [7, 11) is 0. The summed E-state index contributed by atoms with van der Waals surface area (Å²) >= 11 is 0. The van der Waals surface area contributed by atoms with Crippen LogP contribution in [-0.4, -0.2) is 33.6 Å². The lowest BCUT2D eigenvalue weighted by molar-refractivity contribution is -0.116. The Morgan fingerprint density at radius 3 is 2.90 bits per heavy atom. The van der Waals surface area contributed by atoms with Crippen LogP contribution < -0.4 is 15.6 Å². The number of fused-ring (bicyclic) bond motifs is 1. The number of amides is 1. The van der Waals surface area contributed by atoms with E-state index in [9.17, 15) is 9.59 Å². The predicted molar refractivity (Wildman–Crippen MR) is 117 cm³/mol. The third-order valence-electron chi connectivity index (χ3n) is 4.63. The number of nitrogens with one attached hydrogen (secondary N) is 1. The fourth-order valence-corrected chi connectivity index (χ4v) is 2.89. The summed E-state index contributed by atoms with van der Waals surface area (Å²) in [4.78, 5) is 33.0. The van der Waals surface area contributed by atoms with Crippen LogP contribution in [0.5, 0.6) is 5.75 Å². The molecule has 0 bridgehead atoms. The molecule has 0 aliphatic carbocycles. The van der Waals surface area contributed by atoms with Crippen molar-refractivity contribution in [2.75, 3.05) is 13.2 Å². The van der Waals surface area contributed by atoms with Crippen LogP contribution in [0.3, 0.4) is 0 Å². The van der Waals surface area contributed by atoms with Crippen LogP contribution in [0.2, 0.25) is 0 Å². The molecule has 0 atom stereocenters. The summed E-state index contributed by atoms with van der Waals surface area (Å²) in [6, 6.07) is 9.38. The molecule has 0 aliphatic heterocycles. The molecule has 0 saturated carbocycles. The van der Waals surface area contributed by atoms with Crippen molar-refractivity contribution in [2.45, 2.75) is 32.6 Å². The Kier molecular flexibility index (Phi) is 7.32. The first-order valence-electron chi connectivity index (χ1n) is 10.0. The minimum atomic E-state index is -0.258. The fourth-order valence-electron chi connectivity index (χ4n) is 2.89. The third kappa shape index (κ3) is 5.76. The second-order valence-corrected chi connectivity index (χ2v) is 7.24. The lowest BCUT2D eigenvalue weighted by Crippen LogP contribution is -2.23. The Balaban J connectivity index is 1.49. The molecule has 0 fully saturated rings. The number of nitrogens with zero attached hydrogens (tertiary/aromatic N) is 3. The summed E-state index contributed by atoms with van der Waals surface area (Å²) < 4.78 is 6.88. The van der Waals surface area contributed by atoms with Crippen LogP contribution in [0, 0.1) is 0 Å². The molecular formula is C23H26N4O3. The minimum absolute atomic E-state index is 0.195. The molecule has 7 nitrogen and oxygen atoms in total. The maximum Gasteiger partial charge on any atom is 0.265 e. The highest BCUT2D eigenvalue weighted by Crippen LogP contribution is 2.17. The number of hydrogen-bond donors (Lipinski definition) is 1. The number of benzene rings is 1. The number of hydrogen-bond acceptors (Lipinski definition) is 5. The lowest BCUT2D eigenvalue weighted by atomic mass is 10.0.